The van der Waals surface area contributed by atoms with Gasteiger partial charge in [-0.2, -0.15) is 0 Å². The summed E-state index contributed by atoms with van der Waals surface area (Å²) < 4.78 is 25.9. The molecule has 2 atom stereocenters. The minimum Gasteiger partial charge on any atom is -0.480 e. The number of halogens is 2. The first kappa shape index (κ1) is 11.7. The van der Waals surface area contributed by atoms with Gasteiger partial charge < -0.3 is 10.4 Å². The van der Waals surface area contributed by atoms with Crippen LogP contribution in [0, 0.1) is 0 Å². The van der Waals surface area contributed by atoms with Gasteiger partial charge in [0.25, 0.3) is 5.92 Å². The van der Waals surface area contributed by atoms with E-state index in [1.165, 1.54) is 0 Å². The lowest BCUT2D eigenvalue weighted by Crippen LogP contribution is -2.45. The molecule has 16 heavy (non-hydrogen) atoms. The van der Waals surface area contributed by atoms with Gasteiger partial charge in [-0.15, -0.1) is 0 Å². The van der Waals surface area contributed by atoms with Crippen LogP contribution in [0.25, 0.3) is 0 Å². The number of likely N-dealkylation sites (tertiary alicyclic amines) is 1. The van der Waals surface area contributed by atoms with Crippen molar-refractivity contribution in [1.29, 1.82) is 0 Å². The second-order valence-corrected chi connectivity index (χ2v) is 4.58. The number of aliphatic carboxylic acids is 1. The number of piperidine rings is 1. The molecule has 92 valence electrons. The first-order chi connectivity index (χ1) is 7.48. The van der Waals surface area contributed by atoms with E-state index in [9.17, 15) is 13.6 Å². The highest BCUT2D eigenvalue weighted by Gasteiger charge is 2.39. The van der Waals surface area contributed by atoms with Crippen molar-refractivity contribution in [1.82, 2.24) is 10.2 Å². The number of nitrogens with zero attached hydrogens (tertiary/aromatic N) is 1. The molecule has 0 aromatic carbocycles. The maximum atomic E-state index is 12.9. The molecule has 0 aromatic rings. The second-order valence-electron chi connectivity index (χ2n) is 4.58. The maximum absolute atomic E-state index is 12.9. The monoisotopic (exact) mass is 234 g/mol. The largest absolute Gasteiger partial charge is 0.480 e. The van der Waals surface area contributed by atoms with Crippen LogP contribution < -0.4 is 5.32 Å². The highest BCUT2D eigenvalue weighted by Crippen LogP contribution is 2.29. The van der Waals surface area contributed by atoms with Crippen LogP contribution >= 0.6 is 0 Å². The van der Waals surface area contributed by atoms with Crippen molar-refractivity contribution >= 4 is 5.97 Å². The Bertz CT molecular complexity index is 276. The highest BCUT2D eigenvalue weighted by molar-refractivity contribution is 5.73. The molecule has 2 N–H and O–H groups in total. The van der Waals surface area contributed by atoms with Gasteiger partial charge in [0, 0.05) is 38.5 Å². The Labute approximate surface area is 92.6 Å². The molecule has 0 spiro atoms. The van der Waals surface area contributed by atoms with E-state index in [-0.39, 0.29) is 18.9 Å². The van der Waals surface area contributed by atoms with E-state index in [4.69, 9.17) is 5.11 Å². The van der Waals surface area contributed by atoms with E-state index < -0.39 is 17.9 Å². The van der Waals surface area contributed by atoms with Crippen molar-refractivity contribution in [2.75, 3.05) is 19.6 Å². The van der Waals surface area contributed by atoms with E-state index in [1.807, 2.05) is 4.90 Å². The van der Waals surface area contributed by atoms with Crippen molar-refractivity contribution in [2.24, 2.45) is 0 Å². The molecule has 2 fully saturated rings. The van der Waals surface area contributed by atoms with Crippen LogP contribution in [0.2, 0.25) is 0 Å². The molecule has 0 radical (unpaired) electrons. The first-order valence-electron chi connectivity index (χ1n) is 5.56. The van der Waals surface area contributed by atoms with Crippen molar-refractivity contribution < 1.29 is 18.7 Å². The number of rotatable bonds is 2. The third kappa shape index (κ3) is 2.49. The Morgan fingerprint density at radius 3 is 2.50 bits per heavy atom. The summed E-state index contributed by atoms with van der Waals surface area (Å²) in [5.74, 6) is -3.39. The van der Waals surface area contributed by atoms with Crippen LogP contribution in [-0.2, 0) is 4.79 Å². The van der Waals surface area contributed by atoms with Gasteiger partial charge in [0.15, 0.2) is 0 Å². The average Bonchev–Trinajstić information content (AvgIpc) is 2.66. The number of carbonyl (C=O) groups is 1. The molecule has 2 aliphatic heterocycles. The third-order valence-electron chi connectivity index (χ3n) is 3.45. The van der Waals surface area contributed by atoms with Gasteiger partial charge in [-0.25, -0.2) is 8.78 Å². The molecular formula is C10H16F2N2O2. The van der Waals surface area contributed by atoms with Crippen LogP contribution in [0.1, 0.15) is 19.3 Å². The van der Waals surface area contributed by atoms with E-state index in [1.54, 1.807) is 0 Å². The van der Waals surface area contributed by atoms with Crippen LogP contribution in [0.15, 0.2) is 0 Å². The molecule has 2 rings (SSSR count). The van der Waals surface area contributed by atoms with Gasteiger partial charge in [0.1, 0.15) is 6.04 Å². The summed E-state index contributed by atoms with van der Waals surface area (Å²) in [6.07, 6.45) is 0.295. The van der Waals surface area contributed by atoms with Crippen LogP contribution in [0.4, 0.5) is 8.78 Å². The van der Waals surface area contributed by atoms with Crippen LogP contribution in [0.3, 0.4) is 0 Å². The predicted molar refractivity (Wildman–Crippen MR) is 53.6 cm³/mol. The van der Waals surface area contributed by atoms with Crippen LogP contribution in [0.5, 0.6) is 0 Å². The Hall–Kier alpha value is -0.750. The second kappa shape index (κ2) is 4.25. The summed E-state index contributed by atoms with van der Waals surface area (Å²) in [5, 5.41) is 11.7. The van der Waals surface area contributed by atoms with Gasteiger partial charge in [-0.3, -0.25) is 9.69 Å². The summed E-state index contributed by atoms with van der Waals surface area (Å²) >= 11 is 0. The fraction of sp³-hybridized carbons (Fsp3) is 0.900. The summed E-state index contributed by atoms with van der Waals surface area (Å²) in [6.45, 7) is 1.32. The normalized spacial score (nSPS) is 35.1. The SMILES string of the molecule is O=C(O)[C@@H]1C[C@@H](N2CCC(F)(F)CC2)CN1. The number of carboxylic acids is 1. The summed E-state index contributed by atoms with van der Waals surface area (Å²) in [6, 6.07) is -0.426. The van der Waals surface area contributed by atoms with Crippen molar-refractivity contribution in [3.63, 3.8) is 0 Å². The molecule has 4 nitrogen and oxygen atoms in total. The average molecular weight is 234 g/mol. The zero-order chi connectivity index (χ0) is 11.8. The molecule has 0 saturated carbocycles. The van der Waals surface area contributed by atoms with E-state index >= 15 is 0 Å². The minimum atomic E-state index is -2.53. The molecular weight excluding hydrogens is 218 g/mol. The topological polar surface area (TPSA) is 52.6 Å². The van der Waals surface area contributed by atoms with Crippen molar-refractivity contribution in [2.45, 2.75) is 37.3 Å². The number of carboxylic acid groups (broad SMARTS) is 1. The smallest absolute Gasteiger partial charge is 0.320 e. The van der Waals surface area contributed by atoms with Crippen molar-refractivity contribution in [3.8, 4) is 0 Å². The molecule has 6 heteroatoms. The van der Waals surface area contributed by atoms with Crippen LogP contribution in [-0.4, -0.2) is 53.6 Å². The molecule has 0 bridgehead atoms. The molecule has 0 amide bonds. The molecule has 0 aliphatic carbocycles. The number of alkyl halides is 2. The fourth-order valence-electron chi connectivity index (χ4n) is 2.40. The Morgan fingerprint density at radius 1 is 1.38 bits per heavy atom. The number of hydrogen-bond acceptors (Lipinski definition) is 3. The molecule has 0 unspecified atom stereocenters. The van der Waals surface area contributed by atoms with E-state index in [2.05, 4.69) is 5.32 Å². The zero-order valence-electron chi connectivity index (χ0n) is 8.96. The van der Waals surface area contributed by atoms with Crippen molar-refractivity contribution in [3.05, 3.63) is 0 Å². The summed E-state index contributed by atoms with van der Waals surface area (Å²) in [5.41, 5.74) is 0. The zero-order valence-corrected chi connectivity index (χ0v) is 8.96. The summed E-state index contributed by atoms with van der Waals surface area (Å²) in [4.78, 5) is 12.7. The Morgan fingerprint density at radius 2 is 2.00 bits per heavy atom. The lowest BCUT2D eigenvalue weighted by atomic mass is 10.0. The third-order valence-corrected chi connectivity index (χ3v) is 3.45. The van der Waals surface area contributed by atoms with Gasteiger partial charge in [-0.05, 0) is 6.42 Å². The van der Waals surface area contributed by atoms with Gasteiger partial charge in [0.05, 0.1) is 0 Å². The first-order valence-corrected chi connectivity index (χ1v) is 5.56. The lowest BCUT2D eigenvalue weighted by molar-refractivity contribution is -0.139. The maximum Gasteiger partial charge on any atom is 0.320 e. The molecule has 2 saturated heterocycles. The Kier molecular flexibility index (Phi) is 3.12. The van der Waals surface area contributed by atoms with Gasteiger partial charge >= 0.3 is 5.97 Å². The number of hydrogen-bond donors (Lipinski definition) is 2. The van der Waals surface area contributed by atoms with E-state index in [0.717, 1.165) is 0 Å². The van der Waals surface area contributed by atoms with E-state index in [0.29, 0.717) is 26.1 Å². The lowest BCUT2D eigenvalue weighted by Gasteiger charge is -2.35. The fourth-order valence-corrected chi connectivity index (χ4v) is 2.40. The quantitative estimate of drug-likeness (QED) is 0.732. The van der Waals surface area contributed by atoms with Gasteiger partial charge in [0.2, 0.25) is 0 Å². The summed E-state index contributed by atoms with van der Waals surface area (Å²) in [7, 11) is 0. The molecule has 0 aromatic heterocycles. The highest BCUT2D eigenvalue weighted by atomic mass is 19.3. The predicted octanol–water partition coefficient (Wildman–Crippen LogP) is 0.533. The molecule has 2 heterocycles. The number of nitrogens with one attached hydrogen (secondary N) is 1. The van der Waals surface area contributed by atoms with Gasteiger partial charge in [-0.1, -0.05) is 0 Å². The molecule has 2 aliphatic rings. The minimum absolute atomic E-state index is 0.0946. The Balaban J connectivity index is 1.85. The standard InChI is InChI=1S/C10H16F2N2O2/c11-10(12)1-3-14(4-2-10)7-5-8(9(15)16)13-6-7/h7-8,13H,1-6H2,(H,15,16)/t7-,8+/m1/s1.